The summed E-state index contributed by atoms with van der Waals surface area (Å²) in [5, 5.41) is 2.89. The van der Waals surface area contributed by atoms with Gasteiger partial charge >= 0.3 is 0 Å². The number of hydrogen-bond acceptors (Lipinski definition) is 3. The van der Waals surface area contributed by atoms with E-state index < -0.39 is 0 Å². The van der Waals surface area contributed by atoms with Crippen molar-refractivity contribution in [2.75, 3.05) is 5.32 Å². The van der Waals surface area contributed by atoms with Crippen LogP contribution in [-0.2, 0) is 0 Å². The molecule has 0 aliphatic heterocycles. The van der Waals surface area contributed by atoms with Gasteiger partial charge in [-0.2, -0.15) is 0 Å². The molecule has 0 saturated heterocycles. The maximum Gasteiger partial charge on any atom is 0.255 e. The lowest BCUT2D eigenvalue weighted by molar-refractivity contribution is 0.102. The minimum absolute atomic E-state index is 0.109. The van der Waals surface area contributed by atoms with Crippen molar-refractivity contribution in [1.82, 2.24) is 0 Å². The minimum Gasteiger partial charge on any atom is -0.491 e. The summed E-state index contributed by atoms with van der Waals surface area (Å²) in [6.07, 6.45) is 1.18. The van der Waals surface area contributed by atoms with Gasteiger partial charge in [0.15, 0.2) is 0 Å². The van der Waals surface area contributed by atoms with E-state index in [2.05, 4.69) is 12.2 Å². The normalized spacial score (nSPS) is 11.9. The van der Waals surface area contributed by atoms with E-state index in [4.69, 9.17) is 9.47 Å². The SMILES string of the molecule is CCC(C)Oc1cccc(NC(=O)c2ccc(OC(C)C)cc2)c1. The van der Waals surface area contributed by atoms with Gasteiger partial charge < -0.3 is 14.8 Å². The van der Waals surface area contributed by atoms with E-state index in [-0.39, 0.29) is 18.1 Å². The molecule has 2 aromatic rings. The minimum atomic E-state index is -0.160. The summed E-state index contributed by atoms with van der Waals surface area (Å²) >= 11 is 0. The van der Waals surface area contributed by atoms with Gasteiger partial charge in [-0.15, -0.1) is 0 Å². The zero-order valence-electron chi connectivity index (χ0n) is 14.7. The first kappa shape index (κ1) is 17.9. The molecule has 0 bridgehead atoms. The van der Waals surface area contributed by atoms with E-state index in [1.165, 1.54) is 0 Å². The molecule has 0 fully saturated rings. The van der Waals surface area contributed by atoms with Crippen molar-refractivity contribution in [1.29, 1.82) is 0 Å². The summed E-state index contributed by atoms with van der Waals surface area (Å²) < 4.78 is 11.4. The maximum atomic E-state index is 12.3. The summed E-state index contributed by atoms with van der Waals surface area (Å²) in [5.74, 6) is 1.35. The molecule has 1 amide bonds. The molecule has 1 N–H and O–H groups in total. The number of benzene rings is 2. The number of carbonyl (C=O) groups is 1. The van der Waals surface area contributed by atoms with Crippen LogP contribution >= 0.6 is 0 Å². The Morgan fingerprint density at radius 3 is 2.33 bits per heavy atom. The average Bonchev–Trinajstić information content (AvgIpc) is 2.55. The molecule has 128 valence electrons. The first-order valence-corrected chi connectivity index (χ1v) is 8.32. The van der Waals surface area contributed by atoms with E-state index in [1.807, 2.05) is 45.0 Å². The summed E-state index contributed by atoms with van der Waals surface area (Å²) in [5.41, 5.74) is 1.29. The molecule has 1 atom stereocenters. The quantitative estimate of drug-likeness (QED) is 0.786. The van der Waals surface area contributed by atoms with Crippen molar-refractivity contribution in [2.24, 2.45) is 0 Å². The number of nitrogens with one attached hydrogen (secondary N) is 1. The molecule has 1 unspecified atom stereocenters. The van der Waals surface area contributed by atoms with Crippen molar-refractivity contribution in [3.05, 3.63) is 54.1 Å². The van der Waals surface area contributed by atoms with Gasteiger partial charge in [-0.25, -0.2) is 0 Å². The Kier molecular flexibility index (Phi) is 6.24. The monoisotopic (exact) mass is 327 g/mol. The van der Waals surface area contributed by atoms with Crippen LogP contribution in [0.5, 0.6) is 11.5 Å². The Morgan fingerprint density at radius 2 is 1.71 bits per heavy atom. The molecule has 2 rings (SSSR count). The molecule has 24 heavy (non-hydrogen) atoms. The van der Waals surface area contributed by atoms with Crippen molar-refractivity contribution in [3.8, 4) is 11.5 Å². The fourth-order valence-electron chi connectivity index (χ4n) is 2.12. The molecular weight excluding hydrogens is 302 g/mol. The van der Waals surface area contributed by atoms with Crippen LogP contribution in [0.4, 0.5) is 5.69 Å². The topological polar surface area (TPSA) is 47.6 Å². The second-order valence-electron chi connectivity index (χ2n) is 6.01. The smallest absolute Gasteiger partial charge is 0.255 e. The predicted molar refractivity (Wildman–Crippen MR) is 97.0 cm³/mol. The molecule has 0 aliphatic rings. The highest BCUT2D eigenvalue weighted by atomic mass is 16.5. The van der Waals surface area contributed by atoms with Gasteiger partial charge in [0.2, 0.25) is 0 Å². The first-order valence-electron chi connectivity index (χ1n) is 8.32. The molecule has 4 heteroatoms. The standard InChI is InChI=1S/C20H25NO3/c1-5-15(4)24-19-8-6-7-17(13-19)21-20(22)16-9-11-18(12-10-16)23-14(2)3/h6-15H,5H2,1-4H3,(H,21,22). The average molecular weight is 327 g/mol. The van der Waals surface area contributed by atoms with Crippen molar-refractivity contribution in [3.63, 3.8) is 0 Å². The fraction of sp³-hybridized carbons (Fsp3) is 0.350. The molecule has 0 aliphatic carbocycles. The van der Waals surface area contributed by atoms with E-state index in [0.717, 1.165) is 17.9 Å². The zero-order chi connectivity index (χ0) is 17.5. The second kappa shape index (κ2) is 8.39. The van der Waals surface area contributed by atoms with Gasteiger partial charge in [0, 0.05) is 17.3 Å². The van der Waals surface area contributed by atoms with Gasteiger partial charge in [-0.1, -0.05) is 13.0 Å². The van der Waals surface area contributed by atoms with Crippen molar-refractivity contribution >= 4 is 11.6 Å². The van der Waals surface area contributed by atoms with Crippen LogP contribution in [0.3, 0.4) is 0 Å². The molecule has 4 nitrogen and oxygen atoms in total. The van der Waals surface area contributed by atoms with Gasteiger partial charge in [0.25, 0.3) is 5.91 Å². The Hall–Kier alpha value is -2.49. The first-order chi connectivity index (χ1) is 11.5. The van der Waals surface area contributed by atoms with Crippen LogP contribution in [0.2, 0.25) is 0 Å². The third-order valence-electron chi connectivity index (χ3n) is 3.49. The highest BCUT2D eigenvalue weighted by molar-refractivity contribution is 6.04. The van der Waals surface area contributed by atoms with E-state index in [9.17, 15) is 4.79 Å². The van der Waals surface area contributed by atoms with Crippen LogP contribution < -0.4 is 14.8 Å². The Labute approximate surface area is 143 Å². The number of ether oxygens (including phenoxy) is 2. The number of rotatable bonds is 7. The number of amides is 1. The third-order valence-corrected chi connectivity index (χ3v) is 3.49. The van der Waals surface area contributed by atoms with Crippen molar-refractivity contribution in [2.45, 2.75) is 46.3 Å². The Balaban J connectivity index is 2.02. The number of hydrogen-bond donors (Lipinski definition) is 1. The fourth-order valence-corrected chi connectivity index (χ4v) is 2.12. The highest BCUT2D eigenvalue weighted by Crippen LogP contribution is 2.20. The lowest BCUT2D eigenvalue weighted by Gasteiger charge is -2.14. The van der Waals surface area contributed by atoms with Crippen molar-refractivity contribution < 1.29 is 14.3 Å². The maximum absolute atomic E-state index is 12.3. The Bertz CT molecular complexity index is 665. The largest absolute Gasteiger partial charge is 0.491 e. The number of anilines is 1. The molecule has 2 aromatic carbocycles. The molecular formula is C20H25NO3. The predicted octanol–water partition coefficient (Wildman–Crippen LogP) is 4.90. The van der Waals surface area contributed by atoms with E-state index in [0.29, 0.717) is 11.3 Å². The molecule has 0 spiro atoms. The lowest BCUT2D eigenvalue weighted by Crippen LogP contribution is -2.13. The van der Waals surface area contributed by atoms with Crippen LogP contribution in [0.25, 0.3) is 0 Å². The van der Waals surface area contributed by atoms with Crippen LogP contribution in [0, 0.1) is 0 Å². The third kappa shape index (κ3) is 5.30. The zero-order valence-corrected chi connectivity index (χ0v) is 14.7. The Morgan fingerprint density at radius 1 is 1.00 bits per heavy atom. The molecule has 0 heterocycles. The summed E-state index contributed by atoms with van der Waals surface area (Å²) in [7, 11) is 0. The summed E-state index contributed by atoms with van der Waals surface area (Å²) in [6, 6.07) is 14.6. The van der Waals surface area contributed by atoms with Gasteiger partial charge in [-0.3, -0.25) is 4.79 Å². The van der Waals surface area contributed by atoms with Crippen LogP contribution in [0.1, 0.15) is 44.5 Å². The molecule has 0 radical (unpaired) electrons. The molecule has 0 aromatic heterocycles. The van der Waals surface area contributed by atoms with Crippen LogP contribution in [0.15, 0.2) is 48.5 Å². The summed E-state index contributed by atoms with van der Waals surface area (Å²) in [4.78, 5) is 12.3. The van der Waals surface area contributed by atoms with E-state index >= 15 is 0 Å². The highest BCUT2D eigenvalue weighted by Gasteiger charge is 2.08. The van der Waals surface area contributed by atoms with E-state index in [1.54, 1.807) is 24.3 Å². The second-order valence-corrected chi connectivity index (χ2v) is 6.01. The van der Waals surface area contributed by atoms with Crippen LogP contribution in [-0.4, -0.2) is 18.1 Å². The lowest BCUT2D eigenvalue weighted by atomic mass is 10.2. The van der Waals surface area contributed by atoms with Gasteiger partial charge in [0.05, 0.1) is 12.2 Å². The van der Waals surface area contributed by atoms with Gasteiger partial charge in [0.1, 0.15) is 11.5 Å². The van der Waals surface area contributed by atoms with Gasteiger partial charge in [-0.05, 0) is 63.6 Å². The molecule has 0 saturated carbocycles. The summed E-state index contributed by atoms with van der Waals surface area (Å²) in [6.45, 7) is 8.03. The number of carbonyl (C=O) groups excluding carboxylic acids is 1.